The molecule has 1 aromatic heterocycles. The topological polar surface area (TPSA) is 94.8 Å². The number of aromatic nitrogens is 2. The number of nitrogens with one attached hydrogen (secondary N) is 1. The first-order valence-electron chi connectivity index (χ1n) is 9.85. The van der Waals surface area contributed by atoms with Crippen LogP contribution in [0.15, 0.2) is 33.9 Å². The highest BCUT2D eigenvalue weighted by molar-refractivity contribution is 5.79. The fraction of sp³-hybridized carbons (Fsp3) is 0.476. The fourth-order valence-electron chi connectivity index (χ4n) is 3.70. The van der Waals surface area contributed by atoms with E-state index in [1.54, 1.807) is 27.3 Å². The van der Waals surface area contributed by atoms with Gasteiger partial charge in [0.05, 0.1) is 14.2 Å². The minimum absolute atomic E-state index is 0.00528. The first-order chi connectivity index (χ1) is 14.3. The van der Waals surface area contributed by atoms with Crippen molar-refractivity contribution in [2.75, 3.05) is 32.2 Å². The summed E-state index contributed by atoms with van der Waals surface area (Å²) in [5.74, 6) is 1.81. The molecule has 0 spiro atoms. The lowest BCUT2D eigenvalue weighted by Gasteiger charge is -2.33. The van der Waals surface area contributed by atoms with Gasteiger partial charge in [-0.2, -0.15) is 0 Å². The molecule has 1 aliphatic rings. The molecule has 9 heteroatoms. The van der Waals surface area contributed by atoms with E-state index in [4.69, 9.17) is 9.47 Å². The van der Waals surface area contributed by atoms with E-state index >= 15 is 0 Å². The highest BCUT2D eigenvalue weighted by atomic mass is 16.5. The van der Waals surface area contributed by atoms with Gasteiger partial charge in [-0.15, -0.1) is 0 Å². The monoisotopic (exact) mass is 416 g/mol. The number of ether oxygens (including phenoxy) is 2. The molecule has 1 N–H and O–H groups in total. The second-order valence-corrected chi connectivity index (χ2v) is 7.44. The SMILES string of the molecule is COc1cc(CNC(=O)C2CCN(c3cc(=O)n(C)c(=O)n3C)CC2)cc(OC)c1. The van der Waals surface area contributed by atoms with Crippen LogP contribution in [0.2, 0.25) is 0 Å². The Morgan fingerprint density at radius 3 is 2.17 bits per heavy atom. The summed E-state index contributed by atoms with van der Waals surface area (Å²) in [5, 5.41) is 2.99. The summed E-state index contributed by atoms with van der Waals surface area (Å²) >= 11 is 0. The molecule has 0 atom stereocenters. The number of anilines is 1. The van der Waals surface area contributed by atoms with Crippen molar-refractivity contribution in [3.8, 4) is 11.5 Å². The first kappa shape index (κ1) is 21.5. The summed E-state index contributed by atoms with van der Waals surface area (Å²) in [7, 11) is 6.29. The summed E-state index contributed by atoms with van der Waals surface area (Å²) < 4.78 is 13.1. The van der Waals surface area contributed by atoms with Gasteiger partial charge in [-0.3, -0.25) is 18.7 Å². The molecule has 9 nitrogen and oxygen atoms in total. The second-order valence-electron chi connectivity index (χ2n) is 7.44. The van der Waals surface area contributed by atoms with Gasteiger partial charge >= 0.3 is 5.69 Å². The molecule has 3 rings (SSSR count). The summed E-state index contributed by atoms with van der Waals surface area (Å²) in [6, 6.07) is 6.98. The van der Waals surface area contributed by atoms with Crippen molar-refractivity contribution in [1.29, 1.82) is 0 Å². The number of benzene rings is 1. The number of nitrogens with zero attached hydrogens (tertiary/aromatic N) is 3. The van der Waals surface area contributed by atoms with Crippen LogP contribution < -0.4 is 30.9 Å². The number of amides is 1. The van der Waals surface area contributed by atoms with Crippen molar-refractivity contribution >= 4 is 11.7 Å². The van der Waals surface area contributed by atoms with Gasteiger partial charge in [0.2, 0.25) is 5.91 Å². The van der Waals surface area contributed by atoms with E-state index in [-0.39, 0.29) is 23.1 Å². The molecule has 30 heavy (non-hydrogen) atoms. The van der Waals surface area contributed by atoms with Crippen LogP contribution in [0.5, 0.6) is 11.5 Å². The Kier molecular flexibility index (Phi) is 6.49. The van der Waals surface area contributed by atoms with E-state index in [0.29, 0.717) is 49.8 Å². The lowest BCUT2D eigenvalue weighted by atomic mass is 9.95. The van der Waals surface area contributed by atoms with E-state index < -0.39 is 0 Å². The van der Waals surface area contributed by atoms with Crippen LogP contribution in [0.4, 0.5) is 5.82 Å². The summed E-state index contributed by atoms with van der Waals surface area (Å²) in [6.45, 7) is 1.59. The van der Waals surface area contributed by atoms with Crippen molar-refractivity contribution in [2.24, 2.45) is 20.0 Å². The number of carbonyl (C=O) groups excluding carboxylic acids is 1. The summed E-state index contributed by atoms with van der Waals surface area (Å²) in [5.41, 5.74) is 0.208. The molecule has 162 valence electrons. The Hall–Kier alpha value is -3.23. The van der Waals surface area contributed by atoms with Crippen LogP contribution in [0.25, 0.3) is 0 Å². The number of hydrogen-bond acceptors (Lipinski definition) is 6. The maximum absolute atomic E-state index is 12.6. The Morgan fingerprint density at radius 2 is 1.60 bits per heavy atom. The lowest BCUT2D eigenvalue weighted by Crippen LogP contribution is -2.44. The molecule has 0 unspecified atom stereocenters. The van der Waals surface area contributed by atoms with E-state index in [9.17, 15) is 14.4 Å². The minimum Gasteiger partial charge on any atom is -0.497 e. The van der Waals surface area contributed by atoms with Gasteiger partial charge in [0, 0.05) is 51.8 Å². The summed E-state index contributed by atoms with van der Waals surface area (Å²) in [6.07, 6.45) is 1.30. The third-order valence-corrected chi connectivity index (χ3v) is 5.57. The third-order valence-electron chi connectivity index (χ3n) is 5.57. The molecule has 1 aliphatic heterocycles. The number of methoxy groups -OCH3 is 2. The normalized spacial score (nSPS) is 14.5. The predicted octanol–water partition coefficient (Wildman–Crippen LogP) is 0.634. The van der Waals surface area contributed by atoms with E-state index in [1.165, 1.54) is 17.7 Å². The summed E-state index contributed by atoms with van der Waals surface area (Å²) in [4.78, 5) is 38.8. The standard InChI is InChI=1S/C21H28N4O5/c1-23-18(12-19(26)24(2)21(23)28)25-7-5-15(6-8-25)20(27)22-13-14-9-16(29-3)11-17(10-14)30-4/h9-12,15H,5-8,13H2,1-4H3,(H,22,27). The van der Waals surface area contributed by atoms with Crippen LogP contribution >= 0.6 is 0 Å². The molecule has 0 aliphatic carbocycles. The number of carbonyl (C=O) groups is 1. The predicted molar refractivity (Wildman–Crippen MR) is 113 cm³/mol. The van der Waals surface area contributed by atoms with Gasteiger partial charge in [-0.1, -0.05) is 0 Å². The van der Waals surface area contributed by atoms with E-state index in [0.717, 1.165) is 10.1 Å². The van der Waals surface area contributed by atoms with Crippen LogP contribution in [0.3, 0.4) is 0 Å². The molecule has 0 bridgehead atoms. The zero-order chi connectivity index (χ0) is 21.8. The molecule has 0 radical (unpaired) electrons. The highest BCUT2D eigenvalue weighted by Crippen LogP contribution is 2.24. The van der Waals surface area contributed by atoms with Crippen molar-refractivity contribution in [3.05, 3.63) is 50.7 Å². The van der Waals surface area contributed by atoms with Crippen molar-refractivity contribution in [2.45, 2.75) is 19.4 Å². The van der Waals surface area contributed by atoms with Crippen LogP contribution in [-0.4, -0.2) is 42.4 Å². The van der Waals surface area contributed by atoms with Gasteiger partial charge in [0.15, 0.2) is 0 Å². The zero-order valence-corrected chi connectivity index (χ0v) is 17.8. The quantitative estimate of drug-likeness (QED) is 0.743. The van der Waals surface area contributed by atoms with Gasteiger partial charge in [-0.05, 0) is 30.5 Å². The number of piperidine rings is 1. The molecule has 1 fully saturated rings. The fourth-order valence-corrected chi connectivity index (χ4v) is 3.70. The van der Waals surface area contributed by atoms with Crippen molar-refractivity contribution in [3.63, 3.8) is 0 Å². The van der Waals surface area contributed by atoms with Gasteiger partial charge in [-0.25, -0.2) is 4.79 Å². The average Bonchev–Trinajstić information content (AvgIpc) is 2.78. The molecular weight excluding hydrogens is 388 g/mol. The Bertz CT molecular complexity index is 1010. The van der Waals surface area contributed by atoms with Crippen LogP contribution in [0, 0.1) is 5.92 Å². The maximum Gasteiger partial charge on any atom is 0.332 e. The molecule has 2 aromatic rings. The maximum atomic E-state index is 12.6. The molecular formula is C21H28N4O5. The largest absolute Gasteiger partial charge is 0.497 e. The van der Waals surface area contributed by atoms with Gasteiger partial charge in [0.25, 0.3) is 5.56 Å². The smallest absolute Gasteiger partial charge is 0.332 e. The van der Waals surface area contributed by atoms with Crippen molar-refractivity contribution in [1.82, 2.24) is 14.5 Å². The Balaban J connectivity index is 1.60. The number of hydrogen-bond donors (Lipinski definition) is 1. The lowest BCUT2D eigenvalue weighted by molar-refractivity contribution is -0.125. The first-order valence-corrected chi connectivity index (χ1v) is 9.85. The third kappa shape index (κ3) is 4.50. The molecule has 1 saturated heterocycles. The van der Waals surface area contributed by atoms with Crippen LogP contribution in [0.1, 0.15) is 18.4 Å². The zero-order valence-electron chi connectivity index (χ0n) is 17.8. The number of rotatable bonds is 6. The van der Waals surface area contributed by atoms with Gasteiger partial charge in [0.1, 0.15) is 17.3 Å². The Labute approximate surface area is 174 Å². The van der Waals surface area contributed by atoms with E-state index in [2.05, 4.69) is 5.32 Å². The molecule has 2 heterocycles. The molecule has 0 saturated carbocycles. The van der Waals surface area contributed by atoms with Crippen LogP contribution in [-0.2, 0) is 25.4 Å². The van der Waals surface area contributed by atoms with E-state index in [1.807, 2.05) is 17.0 Å². The van der Waals surface area contributed by atoms with Gasteiger partial charge < -0.3 is 19.7 Å². The average molecular weight is 416 g/mol. The Morgan fingerprint density at radius 1 is 1.00 bits per heavy atom. The minimum atomic E-state index is -0.355. The second kappa shape index (κ2) is 9.06. The highest BCUT2D eigenvalue weighted by Gasteiger charge is 2.26. The van der Waals surface area contributed by atoms with Crippen molar-refractivity contribution < 1.29 is 14.3 Å². The molecule has 1 aromatic carbocycles. The molecule has 1 amide bonds.